The Morgan fingerprint density at radius 2 is 1.94 bits per heavy atom. The SMILES string of the molecule is COc1ccc2c(c1)S(O)(O)N=C(c1c(O)c3sccc3n(Cc3ccccc3)c1=O)N2. The van der Waals surface area contributed by atoms with Gasteiger partial charge in [0.25, 0.3) is 5.56 Å². The molecular formula is C22H19N3O5S2. The molecular weight excluding hydrogens is 450 g/mol. The summed E-state index contributed by atoms with van der Waals surface area (Å²) in [5.74, 6) is 0.0993. The van der Waals surface area contributed by atoms with Crippen LogP contribution >= 0.6 is 22.1 Å². The second kappa shape index (κ2) is 7.68. The molecule has 0 aliphatic carbocycles. The molecule has 3 heterocycles. The number of ether oxygens (including phenoxy) is 1. The molecule has 0 atom stereocenters. The number of rotatable bonds is 4. The van der Waals surface area contributed by atoms with Crippen LogP contribution < -0.4 is 15.6 Å². The van der Waals surface area contributed by atoms with Crippen molar-refractivity contribution in [3.8, 4) is 11.5 Å². The van der Waals surface area contributed by atoms with E-state index < -0.39 is 16.3 Å². The van der Waals surface area contributed by atoms with Crippen molar-refractivity contribution >= 4 is 43.9 Å². The summed E-state index contributed by atoms with van der Waals surface area (Å²) in [4.78, 5) is 13.7. The number of hydrogen-bond acceptors (Lipinski definition) is 8. The van der Waals surface area contributed by atoms with E-state index in [2.05, 4.69) is 9.71 Å². The molecule has 4 N–H and O–H groups in total. The minimum Gasteiger partial charge on any atom is -0.505 e. The van der Waals surface area contributed by atoms with Crippen LogP contribution in [0.4, 0.5) is 5.69 Å². The van der Waals surface area contributed by atoms with Gasteiger partial charge >= 0.3 is 0 Å². The van der Waals surface area contributed by atoms with Crippen molar-refractivity contribution in [3.05, 3.63) is 81.5 Å². The van der Waals surface area contributed by atoms with Gasteiger partial charge in [0.1, 0.15) is 16.2 Å². The molecule has 5 rings (SSSR count). The fraction of sp³-hybridized carbons (Fsp3) is 0.0909. The molecule has 0 unspecified atom stereocenters. The first-order valence-corrected chi connectivity index (χ1v) is 12.0. The summed E-state index contributed by atoms with van der Waals surface area (Å²) in [6.45, 7) is 0.289. The molecule has 0 bridgehead atoms. The van der Waals surface area contributed by atoms with Gasteiger partial charge in [0.05, 0.1) is 29.6 Å². The molecule has 0 spiro atoms. The topological polar surface area (TPSA) is 116 Å². The van der Waals surface area contributed by atoms with Crippen LogP contribution in [0.1, 0.15) is 11.1 Å². The molecule has 4 aromatic rings. The minimum absolute atomic E-state index is 0.0951. The zero-order valence-electron chi connectivity index (χ0n) is 16.8. The third-order valence-electron chi connectivity index (χ3n) is 5.22. The van der Waals surface area contributed by atoms with Crippen LogP contribution in [-0.4, -0.2) is 31.7 Å². The van der Waals surface area contributed by atoms with E-state index in [1.54, 1.807) is 28.1 Å². The third kappa shape index (κ3) is 3.33. The van der Waals surface area contributed by atoms with Crippen LogP contribution in [0.5, 0.6) is 11.5 Å². The Morgan fingerprint density at radius 1 is 1.16 bits per heavy atom. The largest absolute Gasteiger partial charge is 0.505 e. The molecule has 1 aliphatic heterocycles. The first-order valence-electron chi connectivity index (χ1n) is 9.59. The Kier molecular flexibility index (Phi) is 4.94. The molecule has 10 heteroatoms. The van der Waals surface area contributed by atoms with Crippen LogP contribution in [0.2, 0.25) is 0 Å². The highest BCUT2D eigenvalue weighted by Gasteiger charge is 2.31. The Morgan fingerprint density at radius 3 is 2.69 bits per heavy atom. The van der Waals surface area contributed by atoms with Gasteiger partial charge < -0.3 is 19.7 Å². The van der Waals surface area contributed by atoms with E-state index in [9.17, 15) is 19.0 Å². The number of anilines is 1. The maximum absolute atomic E-state index is 13.5. The van der Waals surface area contributed by atoms with E-state index in [4.69, 9.17) is 4.74 Å². The number of benzene rings is 2. The summed E-state index contributed by atoms with van der Waals surface area (Å²) in [7, 11) is -2.15. The molecule has 2 aromatic heterocycles. The quantitative estimate of drug-likeness (QED) is 0.344. The predicted molar refractivity (Wildman–Crippen MR) is 128 cm³/mol. The second-order valence-electron chi connectivity index (χ2n) is 7.18. The maximum atomic E-state index is 13.5. The van der Waals surface area contributed by atoms with Gasteiger partial charge in [-0.05, 0) is 29.1 Å². The van der Waals surface area contributed by atoms with Gasteiger partial charge in [0.15, 0.2) is 11.6 Å². The average Bonchev–Trinajstić information content (AvgIpc) is 3.27. The highest BCUT2D eigenvalue weighted by molar-refractivity contribution is 8.23. The lowest BCUT2D eigenvalue weighted by atomic mass is 10.1. The number of nitrogens with one attached hydrogen (secondary N) is 1. The molecule has 1 aliphatic rings. The Bertz CT molecular complexity index is 1430. The fourth-order valence-electron chi connectivity index (χ4n) is 3.68. The van der Waals surface area contributed by atoms with E-state index in [0.717, 1.165) is 5.56 Å². The number of hydrogen-bond donors (Lipinski definition) is 4. The smallest absolute Gasteiger partial charge is 0.266 e. The van der Waals surface area contributed by atoms with E-state index >= 15 is 0 Å². The van der Waals surface area contributed by atoms with Crippen LogP contribution in [0, 0.1) is 0 Å². The minimum atomic E-state index is -3.63. The summed E-state index contributed by atoms with van der Waals surface area (Å²) in [6.07, 6.45) is 0. The Balaban J connectivity index is 1.70. The number of thiophene rings is 1. The van der Waals surface area contributed by atoms with Crippen LogP contribution in [0.15, 0.2) is 74.1 Å². The number of aromatic nitrogens is 1. The zero-order chi connectivity index (χ0) is 22.5. The number of aromatic hydroxyl groups is 1. The number of fused-ring (bicyclic) bond motifs is 2. The van der Waals surface area contributed by atoms with Crippen molar-refractivity contribution in [2.24, 2.45) is 4.40 Å². The van der Waals surface area contributed by atoms with Gasteiger partial charge in [0.2, 0.25) is 0 Å². The van der Waals surface area contributed by atoms with Crippen LogP contribution in [0.3, 0.4) is 0 Å². The van der Waals surface area contributed by atoms with Crippen molar-refractivity contribution in [2.45, 2.75) is 11.4 Å². The summed E-state index contributed by atoms with van der Waals surface area (Å²) in [5, 5.41) is 15.7. The average molecular weight is 470 g/mol. The lowest BCUT2D eigenvalue weighted by molar-refractivity contribution is 0.412. The predicted octanol–water partition coefficient (Wildman–Crippen LogP) is 4.72. The highest BCUT2D eigenvalue weighted by atomic mass is 32.3. The molecule has 164 valence electrons. The van der Waals surface area contributed by atoms with Gasteiger partial charge in [-0.15, -0.1) is 15.7 Å². The number of pyridine rings is 1. The van der Waals surface area contributed by atoms with Crippen molar-refractivity contribution in [2.75, 3.05) is 12.4 Å². The molecule has 0 radical (unpaired) electrons. The van der Waals surface area contributed by atoms with E-state index in [0.29, 0.717) is 21.7 Å². The lowest BCUT2D eigenvalue weighted by Crippen LogP contribution is -2.32. The molecule has 0 fully saturated rings. The van der Waals surface area contributed by atoms with Crippen LogP contribution in [0.25, 0.3) is 10.2 Å². The Labute approximate surface area is 188 Å². The van der Waals surface area contributed by atoms with Crippen LogP contribution in [-0.2, 0) is 6.54 Å². The second-order valence-corrected chi connectivity index (χ2v) is 9.76. The molecule has 32 heavy (non-hydrogen) atoms. The van der Waals surface area contributed by atoms with Crippen molar-refractivity contribution in [3.63, 3.8) is 0 Å². The zero-order valence-corrected chi connectivity index (χ0v) is 18.5. The fourth-order valence-corrected chi connectivity index (χ4v) is 5.71. The lowest BCUT2D eigenvalue weighted by Gasteiger charge is -2.34. The highest BCUT2D eigenvalue weighted by Crippen LogP contribution is 2.56. The molecule has 0 saturated heterocycles. The maximum Gasteiger partial charge on any atom is 0.266 e. The van der Waals surface area contributed by atoms with Gasteiger partial charge in [-0.1, -0.05) is 41.1 Å². The van der Waals surface area contributed by atoms with E-state index in [-0.39, 0.29) is 28.6 Å². The molecule has 0 saturated carbocycles. The van der Waals surface area contributed by atoms with Crippen molar-refractivity contribution < 1.29 is 18.9 Å². The molecule has 0 amide bonds. The Hall–Kier alpha value is -3.31. The van der Waals surface area contributed by atoms with Gasteiger partial charge in [-0.3, -0.25) is 13.9 Å². The van der Waals surface area contributed by atoms with Gasteiger partial charge in [-0.25, -0.2) is 0 Å². The summed E-state index contributed by atoms with van der Waals surface area (Å²) < 4.78 is 32.7. The first kappa shape index (κ1) is 20.6. The summed E-state index contributed by atoms with van der Waals surface area (Å²) >= 11 is 1.29. The molecule has 2 aromatic carbocycles. The number of nitrogens with zero attached hydrogens (tertiary/aromatic N) is 2. The molecule has 8 nitrogen and oxygen atoms in total. The van der Waals surface area contributed by atoms with E-state index in [1.165, 1.54) is 24.5 Å². The van der Waals surface area contributed by atoms with Gasteiger partial charge in [-0.2, -0.15) is 0 Å². The monoisotopic (exact) mass is 469 g/mol. The van der Waals surface area contributed by atoms with Crippen molar-refractivity contribution in [1.82, 2.24) is 4.57 Å². The van der Waals surface area contributed by atoms with Gasteiger partial charge in [0, 0.05) is 6.07 Å². The summed E-state index contributed by atoms with van der Waals surface area (Å²) in [5.41, 5.74) is 1.28. The first-order chi connectivity index (χ1) is 15.4. The number of methoxy groups -OCH3 is 1. The normalized spacial score (nSPS) is 15.5. The third-order valence-corrected chi connectivity index (χ3v) is 7.50. The number of amidine groups is 1. The standard InChI is InChI=1S/C22H19N3O5S2/c1-30-14-7-8-15-17(11-14)32(28,29)24-21(23-15)18-19(26)20-16(9-10-31-20)25(22(18)27)12-13-5-3-2-4-6-13/h2-11,26,28-29H,12H2,1H3,(H,23,24). The van der Waals surface area contributed by atoms with E-state index in [1.807, 2.05) is 30.3 Å². The summed E-state index contributed by atoms with van der Waals surface area (Å²) in [6, 6.07) is 16.0. The van der Waals surface area contributed by atoms with Crippen molar-refractivity contribution in [1.29, 1.82) is 0 Å².